The number of hydrogen-bond acceptors (Lipinski definition) is 6. The zero-order valence-electron chi connectivity index (χ0n) is 15.4. The van der Waals surface area contributed by atoms with Crippen LogP contribution in [0.5, 0.6) is 5.75 Å². The number of amides is 1. The molecule has 7 nitrogen and oxygen atoms in total. The van der Waals surface area contributed by atoms with Crippen LogP contribution < -0.4 is 15.0 Å². The molecule has 1 amide bonds. The average Bonchev–Trinajstić information content (AvgIpc) is 3.52. The predicted octanol–water partition coefficient (Wildman–Crippen LogP) is 1.86. The highest BCUT2D eigenvalue weighted by Crippen LogP contribution is 2.47. The molecule has 1 saturated carbocycles. The number of carbonyl (C=O) groups is 1. The Morgan fingerprint density at radius 1 is 1.33 bits per heavy atom. The third-order valence-corrected chi connectivity index (χ3v) is 5.14. The van der Waals surface area contributed by atoms with Gasteiger partial charge in [0.25, 0.3) is 5.91 Å². The molecule has 2 aliphatic rings. The van der Waals surface area contributed by atoms with Crippen LogP contribution in [0.2, 0.25) is 0 Å². The Morgan fingerprint density at radius 3 is 3.00 bits per heavy atom. The first kappa shape index (κ1) is 17.7. The van der Waals surface area contributed by atoms with E-state index in [0.29, 0.717) is 43.2 Å². The lowest BCUT2D eigenvalue weighted by atomic mass is 10.1. The lowest BCUT2D eigenvalue weighted by Crippen LogP contribution is -2.37. The van der Waals surface area contributed by atoms with Crippen molar-refractivity contribution in [2.24, 2.45) is 5.92 Å². The van der Waals surface area contributed by atoms with E-state index in [1.54, 1.807) is 19.4 Å². The third kappa shape index (κ3) is 4.19. The van der Waals surface area contributed by atoms with Crippen LogP contribution >= 0.6 is 0 Å². The van der Waals surface area contributed by atoms with E-state index in [-0.39, 0.29) is 5.91 Å². The van der Waals surface area contributed by atoms with Gasteiger partial charge in [0.05, 0.1) is 20.3 Å². The molecule has 1 saturated heterocycles. The Labute approximate surface area is 158 Å². The second-order valence-corrected chi connectivity index (χ2v) is 6.93. The van der Waals surface area contributed by atoms with Crippen LogP contribution in [0.3, 0.4) is 0 Å². The summed E-state index contributed by atoms with van der Waals surface area (Å²) in [7, 11) is 1.68. The van der Waals surface area contributed by atoms with E-state index >= 15 is 0 Å². The molecule has 1 aliphatic carbocycles. The highest BCUT2D eigenvalue weighted by Gasteiger charge is 2.38. The number of aromatic nitrogens is 2. The largest absolute Gasteiger partial charge is 0.497 e. The minimum absolute atomic E-state index is 0.150. The number of morpholine rings is 1. The van der Waals surface area contributed by atoms with Crippen molar-refractivity contribution in [1.82, 2.24) is 15.3 Å². The van der Waals surface area contributed by atoms with Crippen LogP contribution in [0.15, 0.2) is 36.5 Å². The van der Waals surface area contributed by atoms with Crippen molar-refractivity contribution in [2.75, 3.05) is 44.9 Å². The Bertz CT molecular complexity index is 807. The molecule has 1 aromatic heterocycles. The van der Waals surface area contributed by atoms with Gasteiger partial charge >= 0.3 is 0 Å². The van der Waals surface area contributed by atoms with E-state index in [2.05, 4.69) is 27.4 Å². The highest BCUT2D eigenvalue weighted by molar-refractivity contribution is 5.92. The van der Waals surface area contributed by atoms with Crippen LogP contribution in [0, 0.1) is 5.92 Å². The number of hydrogen-bond donors (Lipinski definition) is 1. The lowest BCUT2D eigenvalue weighted by Gasteiger charge is -2.26. The maximum Gasteiger partial charge on any atom is 0.270 e. The number of rotatable bonds is 6. The Kier molecular flexibility index (Phi) is 5.20. The van der Waals surface area contributed by atoms with E-state index in [1.807, 2.05) is 17.0 Å². The number of anilines is 1. The molecule has 1 aliphatic heterocycles. The Morgan fingerprint density at radius 2 is 2.19 bits per heavy atom. The molecule has 27 heavy (non-hydrogen) atoms. The van der Waals surface area contributed by atoms with Gasteiger partial charge in [0.1, 0.15) is 11.4 Å². The van der Waals surface area contributed by atoms with Crippen LogP contribution in [0.1, 0.15) is 28.4 Å². The van der Waals surface area contributed by atoms with Gasteiger partial charge in [0.2, 0.25) is 5.95 Å². The molecule has 2 heterocycles. The molecule has 1 aromatic carbocycles. The fraction of sp³-hybridized carbons (Fsp3) is 0.450. The topological polar surface area (TPSA) is 76.6 Å². The van der Waals surface area contributed by atoms with Gasteiger partial charge in [-0.2, -0.15) is 0 Å². The predicted molar refractivity (Wildman–Crippen MR) is 101 cm³/mol. The first-order chi connectivity index (χ1) is 13.2. The van der Waals surface area contributed by atoms with Gasteiger partial charge in [0.15, 0.2) is 0 Å². The van der Waals surface area contributed by atoms with E-state index in [9.17, 15) is 4.79 Å². The molecule has 2 aromatic rings. The van der Waals surface area contributed by atoms with Gasteiger partial charge in [-0.05, 0) is 42.0 Å². The van der Waals surface area contributed by atoms with Crippen LogP contribution in [-0.4, -0.2) is 55.8 Å². The Balaban J connectivity index is 1.32. The van der Waals surface area contributed by atoms with Crippen molar-refractivity contribution in [3.05, 3.63) is 47.8 Å². The van der Waals surface area contributed by atoms with Crippen molar-refractivity contribution in [2.45, 2.75) is 12.3 Å². The number of nitrogens with one attached hydrogen (secondary N) is 1. The monoisotopic (exact) mass is 368 g/mol. The molecule has 0 radical (unpaired) electrons. The SMILES string of the molecule is COc1cccc([C@@H]2C[C@H]2CNC(=O)c2ccnc(N3CCOCC3)n2)c1. The molecule has 2 fully saturated rings. The van der Waals surface area contributed by atoms with Gasteiger partial charge < -0.3 is 19.7 Å². The number of methoxy groups -OCH3 is 1. The van der Waals surface area contributed by atoms with Gasteiger partial charge in [-0.3, -0.25) is 4.79 Å². The summed E-state index contributed by atoms with van der Waals surface area (Å²) in [4.78, 5) is 23.2. The molecular formula is C20H24N4O3. The summed E-state index contributed by atoms with van der Waals surface area (Å²) >= 11 is 0. The van der Waals surface area contributed by atoms with E-state index < -0.39 is 0 Å². The van der Waals surface area contributed by atoms with Gasteiger partial charge in [-0.1, -0.05) is 12.1 Å². The standard InChI is InChI=1S/C20H24N4O3/c1-26-16-4-2-3-14(11-16)17-12-15(17)13-22-19(25)18-5-6-21-20(23-18)24-7-9-27-10-8-24/h2-6,11,15,17H,7-10,12-13H2,1H3,(H,22,25)/t15-,17-/m0/s1. The second-order valence-electron chi connectivity index (χ2n) is 6.93. The fourth-order valence-corrected chi connectivity index (χ4v) is 3.46. The number of nitrogens with zero attached hydrogens (tertiary/aromatic N) is 3. The molecule has 0 unspecified atom stereocenters. The van der Waals surface area contributed by atoms with E-state index in [0.717, 1.165) is 25.3 Å². The van der Waals surface area contributed by atoms with Crippen molar-refractivity contribution in [1.29, 1.82) is 0 Å². The minimum atomic E-state index is -0.150. The summed E-state index contributed by atoms with van der Waals surface area (Å²) in [5.74, 6) is 2.25. The molecule has 7 heteroatoms. The second kappa shape index (κ2) is 7.92. The van der Waals surface area contributed by atoms with Crippen molar-refractivity contribution >= 4 is 11.9 Å². The normalized spacial score (nSPS) is 21.6. The summed E-state index contributed by atoms with van der Waals surface area (Å²) in [5, 5.41) is 3.02. The van der Waals surface area contributed by atoms with Crippen molar-refractivity contribution < 1.29 is 14.3 Å². The summed E-state index contributed by atoms with van der Waals surface area (Å²) in [5.41, 5.74) is 1.68. The van der Waals surface area contributed by atoms with Crippen LogP contribution in [-0.2, 0) is 4.74 Å². The summed E-state index contributed by atoms with van der Waals surface area (Å²) in [6.45, 7) is 3.46. The highest BCUT2D eigenvalue weighted by atomic mass is 16.5. The fourth-order valence-electron chi connectivity index (χ4n) is 3.46. The Hall–Kier alpha value is -2.67. The molecule has 0 spiro atoms. The molecule has 0 bridgehead atoms. The summed E-state index contributed by atoms with van der Waals surface area (Å²) in [6.07, 6.45) is 2.72. The maximum absolute atomic E-state index is 12.5. The maximum atomic E-state index is 12.5. The molecular weight excluding hydrogens is 344 g/mol. The minimum Gasteiger partial charge on any atom is -0.497 e. The first-order valence-electron chi connectivity index (χ1n) is 9.32. The lowest BCUT2D eigenvalue weighted by molar-refractivity contribution is 0.0946. The first-order valence-corrected chi connectivity index (χ1v) is 9.32. The average molecular weight is 368 g/mol. The van der Waals surface area contributed by atoms with Gasteiger partial charge in [-0.15, -0.1) is 0 Å². The smallest absolute Gasteiger partial charge is 0.270 e. The summed E-state index contributed by atoms with van der Waals surface area (Å²) < 4.78 is 10.6. The molecule has 2 atom stereocenters. The van der Waals surface area contributed by atoms with Gasteiger partial charge in [-0.25, -0.2) is 9.97 Å². The quantitative estimate of drug-likeness (QED) is 0.839. The van der Waals surface area contributed by atoms with Crippen molar-refractivity contribution in [3.63, 3.8) is 0 Å². The van der Waals surface area contributed by atoms with E-state index in [4.69, 9.17) is 9.47 Å². The third-order valence-electron chi connectivity index (χ3n) is 5.14. The summed E-state index contributed by atoms with van der Waals surface area (Å²) in [6, 6.07) is 9.81. The number of benzene rings is 1. The van der Waals surface area contributed by atoms with Crippen LogP contribution in [0.4, 0.5) is 5.95 Å². The van der Waals surface area contributed by atoms with Crippen LogP contribution in [0.25, 0.3) is 0 Å². The van der Waals surface area contributed by atoms with Gasteiger partial charge in [0, 0.05) is 25.8 Å². The molecule has 1 N–H and O–H groups in total. The number of ether oxygens (including phenoxy) is 2. The zero-order valence-corrected chi connectivity index (χ0v) is 15.4. The number of carbonyl (C=O) groups excluding carboxylic acids is 1. The van der Waals surface area contributed by atoms with Crippen molar-refractivity contribution in [3.8, 4) is 5.75 Å². The zero-order chi connectivity index (χ0) is 18.6. The van der Waals surface area contributed by atoms with E-state index in [1.165, 1.54) is 5.56 Å². The molecule has 142 valence electrons. The molecule has 4 rings (SSSR count).